The predicted octanol–water partition coefficient (Wildman–Crippen LogP) is 6.83. The highest BCUT2D eigenvalue weighted by molar-refractivity contribution is 8.00. The molecule has 9 nitrogen and oxygen atoms in total. The van der Waals surface area contributed by atoms with Gasteiger partial charge in [0.25, 0.3) is 5.91 Å². The zero-order valence-electron chi connectivity index (χ0n) is 29.4. The number of phenolic OH excluding ortho intramolecular Hbond substituents is 1. The van der Waals surface area contributed by atoms with Crippen LogP contribution in [0.25, 0.3) is 0 Å². The van der Waals surface area contributed by atoms with Crippen molar-refractivity contribution in [3.8, 4) is 5.75 Å². The Hall–Kier alpha value is -2.85. The number of fused-ring (bicyclic) bond motifs is 1. The van der Waals surface area contributed by atoms with E-state index in [4.69, 9.17) is 4.74 Å². The molecule has 2 saturated carbocycles. The maximum absolute atomic E-state index is 12.9. The van der Waals surface area contributed by atoms with Crippen molar-refractivity contribution in [2.45, 2.75) is 147 Å². The monoisotopic (exact) mass is 669 g/mol. The lowest BCUT2D eigenvalue weighted by atomic mass is 9.78. The zero-order chi connectivity index (χ0) is 34.5. The molecule has 1 aromatic rings. The number of hydrogen-bond donors (Lipinski definition) is 3. The number of carbonyl (C=O) groups is 3. The molecule has 0 unspecified atom stereocenters. The van der Waals surface area contributed by atoms with Crippen LogP contribution in [0.2, 0.25) is 0 Å². The van der Waals surface area contributed by atoms with Gasteiger partial charge in [0, 0.05) is 47.7 Å². The van der Waals surface area contributed by atoms with Gasteiger partial charge in [-0.05, 0) is 54.2 Å². The van der Waals surface area contributed by atoms with Crippen LogP contribution >= 0.6 is 11.8 Å². The van der Waals surface area contributed by atoms with Gasteiger partial charge in [0.2, 0.25) is 0 Å². The molecule has 0 spiro atoms. The Labute approximate surface area is 285 Å². The maximum atomic E-state index is 12.9. The third-order valence-corrected chi connectivity index (χ3v) is 10.8. The van der Waals surface area contributed by atoms with E-state index in [0.717, 1.165) is 28.8 Å². The molecule has 3 fully saturated rings. The van der Waals surface area contributed by atoms with Gasteiger partial charge in [0.15, 0.2) is 6.04 Å². The van der Waals surface area contributed by atoms with Gasteiger partial charge < -0.3 is 20.3 Å². The van der Waals surface area contributed by atoms with Crippen LogP contribution in [-0.4, -0.2) is 75.0 Å². The van der Waals surface area contributed by atoms with Gasteiger partial charge in [0.1, 0.15) is 23.4 Å². The van der Waals surface area contributed by atoms with Crippen LogP contribution in [-0.2, 0) is 30.0 Å². The average molecular weight is 670 g/mol. The van der Waals surface area contributed by atoms with Crippen molar-refractivity contribution in [2.75, 3.05) is 12.4 Å². The number of aliphatic carboxylic acids is 1. The summed E-state index contributed by atoms with van der Waals surface area (Å²) in [5, 5.41) is 24.0. The number of thioether (sulfide) groups is 1. The predicted molar refractivity (Wildman–Crippen MR) is 188 cm³/mol. The van der Waals surface area contributed by atoms with Crippen molar-refractivity contribution in [2.24, 2.45) is 4.99 Å². The first kappa shape index (κ1) is 37.0. The van der Waals surface area contributed by atoms with Crippen molar-refractivity contribution in [3.05, 3.63) is 40.1 Å². The number of carbonyl (C=O) groups excluding carboxylic acids is 2. The van der Waals surface area contributed by atoms with Crippen molar-refractivity contribution >= 4 is 35.8 Å². The molecular weight excluding hydrogens is 614 g/mol. The standard InChI is InChI=1S/C25H32N2O6S.C12H23N/c1-13(28)33-11-15-12-34-22-18(21(30)27(22)19(15)23(31)32)26-10-14-8-16(24(2,3)4)20(29)17(9-14)25(5,6)7;1-3-7-11(8-4-1)13-12-9-5-2-6-10-12/h8-10,18,22,29H,11-12H2,1-7H3,(H,31,32);11-13H,1-10H2/t18-,22+;/m1./s1. The number of aliphatic imine (C=N–C) groups is 1. The molecule has 3 N–H and O–H groups in total. The number of carboxylic acid groups (broad SMARTS) is 1. The number of nitrogens with one attached hydrogen (secondary N) is 1. The molecule has 0 aromatic heterocycles. The molecule has 260 valence electrons. The summed E-state index contributed by atoms with van der Waals surface area (Å²) in [5.41, 5.74) is 2.02. The van der Waals surface area contributed by atoms with Crippen LogP contribution < -0.4 is 5.32 Å². The summed E-state index contributed by atoms with van der Waals surface area (Å²) in [6.45, 7) is 13.2. The van der Waals surface area contributed by atoms with Crippen LogP contribution in [0.4, 0.5) is 0 Å². The largest absolute Gasteiger partial charge is 0.507 e. The highest BCUT2D eigenvalue weighted by atomic mass is 32.2. The van der Waals surface area contributed by atoms with Gasteiger partial charge in [-0.3, -0.25) is 19.5 Å². The number of nitrogens with zero attached hydrogens (tertiary/aromatic N) is 2. The second-order valence-corrected chi connectivity index (χ2v) is 16.6. The molecule has 0 bridgehead atoms. The molecule has 2 aliphatic heterocycles. The Bertz CT molecular complexity index is 1310. The topological polar surface area (TPSA) is 129 Å². The van der Waals surface area contributed by atoms with E-state index in [-0.39, 0.29) is 28.9 Å². The highest BCUT2D eigenvalue weighted by Gasteiger charge is 2.53. The van der Waals surface area contributed by atoms with Crippen molar-refractivity contribution in [1.29, 1.82) is 0 Å². The molecule has 2 heterocycles. The first-order valence-electron chi connectivity index (χ1n) is 17.3. The van der Waals surface area contributed by atoms with Gasteiger partial charge in [-0.15, -0.1) is 11.8 Å². The second-order valence-electron chi connectivity index (χ2n) is 15.5. The van der Waals surface area contributed by atoms with E-state index in [1.165, 1.54) is 87.8 Å². The van der Waals surface area contributed by atoms with Crippen LogP contribution in [0.1, 0.15) is 129 Å². The molecule has 4 aliphatic rings. The molecule has 10 heteroatoms. The third kappa shape index (κ3) is 9.40. The Morgan fingerprint density at radius 3 is 1.91 bits per heavy atom. The fourth-order valence-corrected chi connectivity index (χ4v) is 8.20. The fourth-order valence-electron chi connectivity index (χ4n) is 6.88. The van der Waals surface area contributed by atoms with E-state index >= 15 is 0 Å². The Morgan fingerprint density at radius 1 is 0.957 bits per heavy atom. The van der Waals surface area contributed by atoms with Gasteiger partial charge in [-0.25, -0.2) is 4.79 Å². The summed E-state index contributed by atoms with van der Waals surface area (Å²) in [5.74, 6) is -1.55. The first-order valence-corrected chi connectivity index (χ1v) is 18.3. The number of benzene rings is 1. The van der Waals surface area contributed by atoms with Crippen molar-refractivity contribution in [3.63, 3.8) is 0 Å². The average Bonchev–Trinajstić information content (AvgIpc) is 3.00. The fraction of sp³-hybridized carbons (Fsp3) is 0.676. The van der Waals surface area contributed by atoms with E-state index in [2.05, 4.69) is 10.3 Å². The number of rotatable bonds is 7. The Kier molecular flexibility index (Phi) is 12.3. The summed E-state index contributed by atoms with van der Waals surface area (Å²) in [7, 11) is 0. The normalized spacial score (nSPS) is 22.8. The van der Waals surface area contributed by atoms with E-state index in [1.54, 1.807) is 6.21 Å². The van der Waals surface area contributed by atoms with E-state index in [1.807, 2.05) is 53.7 Å². The second kappa shape index (κ2) is 15.6. The SMILES string of the molecule is C1CCC(NC2CCCCC2)CC1.CC(=O)OCC1=C(C(=O)O)N2C(=O)[C@@H](N=Cc3cc(C(C)(C)C)c(O)c(C(C)(C)C)c3)[C@@H]2SC1. The van der Waals surface area contributed by atoms with Crippen molar-refractivity contribution < 1.29 is 29.3 Å². The number of carboxylic acids is 1. The number of hydrogen-bond acceptors (Lipinski definition) is 8. The molecule has 1 amide bonds. The number of esters is 1. The summed E-state index contributed by atoms with van der Waals surface area (Å²) >= 11 is 1.40. The molecule has 2 aliphatic carbocycles. The van der Waals surface area contributed by atoms with E-state index in [0.29, 0.717) is 11.3 Å². The van der Waals surface area contributed by atoms with Crippen LogP contribution in [0.5, 0.6) is 5.75 Å². The zero-order valence-corrected chi connectivity index (χ0v) is 30.2. The molecule has 2 atom stereocenters. The maximum Gasteiger partial charge on any atom is 0.352 e. The number of amides is 1. The minimum Gasteiger partial charge on any atom is -0.507 e. The van der Waals surface area contributed by atoms with Crippen LogP contribution in [0.3, 0.4) is 0 Å². The van der Waals surface area contributed by atoms with Gasteiger partial charge in [-0.1, -0.05) is 80.1 Å². The van der Waals surface area contributed by atoms with E-state index in [9.17, 15) is 24.6 Å². The Morgan fingerprint density at radius 2 is 1.47 bits per heavy atom. The molecule has 47 heavy (non-hydrogen) atoms. The molecular formula is C37H55N3O6S. The number of aromatic hydroxyl groups is 1. The number of ether oxygens (including phenoxy) is 1. The molecule has 1 aromatic carbocycles. The summed E-state index contributed by atoms with van der Waals surface area (Å²) < 4.78 is 4.96. The third-order valence-electron chi connectivity index (χ3n) is 9.49. The van der Waals surface area contributed by atoms with Crippen molar-refractivity contribution in [1.82, 2.24) is 10.2 Å². The lowest BCUT2D eigenvalue weighted by Gasteiger charge is -2.47. The van der Waals surface area contributed by atoms with Gasteiger partial charge >= 0.3 is 11.9 Å². The lowest BCUT2D eigenvalue weighted by molar-refractivity contribution is -0.148. The lowest BCUT2D eigenvalue weighted by Crippen LogP contribution is -2.64. The summed E-state index contributed by atoms with van der Waals surface area (Å²) in [6, 6.07) is 4.79. The van der Waals surface area contributed by atoms with E-state index < -0.39 is 29.3 Å². The van der Waals surface area contributed by atoms with Gasteiger partial charge in [-0.2, -0.15) is 0 Å². The summed E-state index contributed by atoms with van der Waals surface area (Å²) in [4.78, 5) is 41.6. The quantitative estimate of drug-likeness (QED) is 0.164. The summed E-state index contributed by atoms with van der Waals surface area (Å²) in [6.07, 6.45) is 16.2. The molecule has 5 rings (SSSR count). The molecule has 1 saturated heterocycles. The van der Waals surface area contributed by atoms with Gasteiger partial charge in [0.05, 0.1) is 0 Å². The Balaban J connectivity index is 0.000000318. The highest BCUT2D eigenvalue weighted by Crippen LogP contribution is 2.43. The molecule has 0 radical (unpaired) electrons. The van der Waals surface area contributed by atoms with Crippen LogP contribution in [0, 0.1) is 0 Å². The minimum absolute atomic E-state index is 0.129. The minimum atomic E-state index is -1.23. The number of phenols is 1. The smallest absolute Gasteiger partial charge is 0.352 e. The number of β-lactam (4-membered cyclic amide) rings is 1. The first-order chi connectivity index (χ1) is 22.1. The van der Waals surface area contributed by atoms with Crippen LogP contribution in [0.15, 0.2) is 28.4 Å².